The van der Waals surface area contributed by atoms with E-state index < -0.39 is 0 Å². The van der Waals surface area contributed by atoms with Crippen molar-refractivity contribution in [3.63, 3.8) is 0 Å². The fraction of sp³-hybridized carbons (Fsp3) is 0.333. The molecule has 0 saturated carbocycles. The molecule has 0 spiro atoms. The number of amides is 1. The summed E-state index contributed by atoms with van der Waals surface area (Å²) in [7, 11) is 3.98. The third kappa shape index (κ3) is 4.78. The number of nitrogens with zero attached hydrogens (tertiary/aromatic N) is 5. The molecule has 1 unspecified atom stereocenters. The molecule has 2 aromatic heterocycles. The third-order valence-electron chi connectivity index (χ3n) is 4.75. The zero-order valence-corrected chi connectivity index (χ0v) is 17.4. The molecule has 1 N–H and O–H groups in total. The third-order valence-corrected chi connectivity index (χ3v) is 5.59. The molecule has 1 atom stereocenters. The zero-order valence-electron chi connectivity index (χ0n) is 16.6. The van der Waals surface area contributed by atoms with E-state index in [1.54, 1.807) is 6.20 Å². The molecule has 1 aliphatic rings. The summed E-state index contributed by atoms with van der Waals surface area (Å²) >= 11 is 1.52. The Morgan fingerprint density at radius 1 is 1.24 bits per heavy atom. The molecule has 7 nitrogen and oxygen atoms in total. The van der Waals surface area contributed by atoms with E-state index in [0.717, 1.165) is 35.8 Å². The molecule has 0 aliphatic carbocycles. The first-order chi connectivity index (χ1) is 14.1. The number of benzene rings is 1. The topological polar surface area (TPSA) is 74.2 Å². The maximum atomic E-state index is 12.6. The highest BCUT2D eigenvalue weighted by molar-refractivity contribution is 7.09. The number of hydrogen-bond donors (Lipinski definition) is 1. The van der Waals surface area contributed by atoms with E-state index in [0.29, 0.717) is 18.2 Å². The van der Waals surface area contributed by atoms with Crippen LogP contribution >= 0.6 is 11.3 Å². The van der Waals surface area contributed by atoms with Crippen LogP contribution in [-0.2, 0) is 6.54 Å². The van der Waals surface area contributed by atoms with E-state index in [9.17, 15) is 4.79 Å². The van der Waals surface area contributed by atoms with Crippen molar-refractivity contribution in [2.24, 2.45) is 0 Å². The molecule has 1 aliphatic heterocycles. The normalized spacial score (nSPS) is 16.4. The summed E-state index contributed by atoms with van der Waals surface area (Å²) in [6.45, 7) is 2.25. The van der Waals surface area contributed by atoms with E-state index in [2.05, 4.69) is 20.2 Å². The first kappa shape index (κ1) is 19.5. The highest BCUT2D eigenvalue weighted by atomic mass is 32.1. The minimum absolute atomic E-state index is 0.0606. The second-order valence-corrected chi connectivity index (χ2v) is 8.32. The Labute approximate surface area is 174 Å². The zero-order chi connectivity index (χ0) is 20.2. The van der Waals surface area contributed by atoms with Gasteiger partial charge in [-0.05, 0) is 26.6 Å². The molecule has 29 heavy (non-hydrogen) atoms. The van der Waals surface area contributed by atoms with E-state index in [1.165, 1.54) is 11.3 Å². The number of rotatable bonds is 6. The average Bonchev–Trinajstić information content (AvgIpc) is 3.38. The standard InChI is InChI=1S/C21H24N6OS/c1-26(2)13-19-24-18(14-29-19)20(28)23-16-9-11-27(12-16)21-22-10-8-17(25-21)15-6-4-3-5-7-15/h3-8,10,14,16H,9,11-13H2,1-2H3,(H,23,28). The summed E-state index contributed by atoms with van der Waals surface area (Å²) in [6.07, 6.45) is 2.65. The lowest BCUT2D eigenvalue weighted by atomic mass is 10.1. The van der Waals surface area contributed by atoms with Crippen LogP contribution in [0.2, 0.25) is 0 Å². The number of thiazole rings is 1. The van der Waals surface area contributed by atoms with Crippen LogP contribution in [0.25, 0.3) is 11.3 Å². The lowest BCUT2D eigenvalue weighted by Gasteiger charge is -2.17. The minimum Gasteiger partial charge on any atom is -0.346 e. The van der Waals surface area contributed by atoms with Gasteiger partial charge in [-0.1, -0.05) is 30.3 Å². The molecule has 3 heterocycles. The van der Waals surface area contributed by atoms with Gasteiger partial charge in [0, 0.05) is 42.8 Å². The molecule has 8 heteroatoms. The van der Waals surface area contributed by atoms with Crippen molar-refractivity contribution < 1.29 is 4.79 Å². The van der Waals surface area contributed by atoms with Gasteiger partial charge in [0.15, 0.2) is 0 Å². The van der Waals surface area contributed by atoms with Crippen molar-refractivity contribution in [1.29, 1.82) is 0 Å². The fourth-order valence-corrected chi connectivity index (χ4v) is 4.24. The number of anilines is 1. The SMILES string of the molecule is CN(C)Cc1nc(C(=O)NC2CCN(c3nccc(-c4ccccc4)n3)C2)cs1. The Morgan fingerprint density at radius 2 is 2.07 bits per heavy atom. The van der Waals surface area contributed by atoms with Crippen molar-refractivity contribution in [1.82, 2.24) is 25.2 Å². The summed E-state index contributed by atoms with van der Waals surface area (Å²) in [5.41, 5.74) is 2.46. The molecule has 1 amide bonds. The van der Waals surface area contributed by atoms with Gasteiger partial charge in [0.1, 0.15) is 10.7 Å². The Bertz CT molecular complexity index is 974. The minimum atomic E-state index is -0.114. The number of carbonyl (C=O) groups excluding carboxylic acids is 1. The summed E-state index contributed by atoms with van der Waals surface area (Å²) in [6, 6.07) is 12.1. The Balaban J connectivity index is 1.38. The molecule has 1 aromatic carbocycles. The average molecular weight is 409 g/mol. The van der Waals surface area contributed by atoms with Crippen molar-refractivity contribution in [3.8, 4) is 11.3 Å². The molecular weight excluding hydrogens is 384 g/mol. The predicted molar refractivity (Wildman–Crippen MR) is 115 cm³/mol. The number of aromatic nitrogens is 3. The fourth-order valence-electron chi connectivity index (χ4n) is 3.35. The highest BCUT2D eigenvalue weighted by Crippen LogP contribution is 2.21. The maximum Gasteiger partial charge on any atom is 0.271 e. The summed E-state index contributed by atoms with van der Waals surface area (Å²) in [5, 5.41) is 5.87. The lowest BCUT2D eigenvalue weighted by Crippen LogP contribution is -2.37. The summed E-state index contributed by atoms with van der Waals surface area (Å²) in [5.74, 6) is 0.585. The smallest absolute Gasteiger partial charge is 0.271 e. The van der Waals surface area contributed by atoms with E-state index in [4.69, 9.17) is 4.98 Å². The van der Waals surface area contributed by atoms with Crippen LogP contribution < -0.4 is 10.2 Å². The second kappa shape index (κ2) is 8.67. The van der Waals surface area contributed by atoms with Crippen molar-refractivity contribution in [2.75, 3.05) is 32.1 Å². The largest absolute Gasteiger partial charge is 0.346 e. The highest BCUT2D eigenvalue weighted by Gasteiger charge is 2.26. The van der Waals surface area contributed by atoms with E-state index >= 15 is 0 Å². The summed E-state index contributed by atoms with van der Waals surface area (Å²) < 4.78 is 0. The van der Waals surface area contributed by atoms with Gasteiger partial charge in [0.2, 0.25) is 5.95 Å². The Hall–Kier alpha value is -2.84. The summed E-state index contributed by atoms with van der Waals surface area (Å²) in [4.78, 5) is 30.3. The van der Waals surface area contributed by atoms with Gasteiger partial charge in [-0.2, -0.15) is 0 Å². The van der Waals surface area contributed by atoms with Gasteiger partial charge < -0.3 is 15.1 Å². The molecule has 3 aromatic rings. The monoisotopic (exact) mass is 408 g/mol. The molecule has 150 valence electrons. The molecule has 0 radical (unpaired) electrons. The van der Waals surface area contributed by atoms with Crippen molar-refractivity contribution in [2.45, 2.75) is 19.0 Å². The van der Waals surface area contributed by atoms with Gasteiger partial charge in [-0.15, -0.1) is 11.3 Å². The van der Waals surface area contributed by atoms with Gasteiger partial charge in [-0.3, -0.25) is 4.79 Å². The van der Waals surface area contributed by atoms with Crippen LogP contribution in [0.3, 0.4) is 0 Å². The number of hydrogen-bond acceptors (Lipinski definition) is 7. The first-order valence-corrected chi connectivity index (χ1v) is 10.5. The molecule has 0 bridgehead atoms. The number of carbonyl (C=O) groups is 1. The van der Waals surface area contributed by atoms with Gasteiger partial charge in [-0.25, -0.2) is 15.0 Å². The Morgan fingerprint density at radius 3 is 2.86 bits per heavy atom. The van der Waals surface area contributed by atoms with Gasteiger partial charge in [0.25, 0.3) is 5.91 Å². The van der Waals surface area contributed by atoms with Crippen LogP contribution in [-0.4, -0.2) is 59.0 Å². The molecule has 1 fully saturated rings. The molecule has 4 rings (SSSR count). The first-order valence-electron chi connectivity index (χ1n) is 9.62. The van der Waals surface area contributed by atoms with Crippen LogP contribution in [0.5, 0.6) is 0 Å². The van der Waals surface area contributed by atoms with Gasteiger partial charge >= 0.3 is 0 Å². The quantitative estimate of drug-likeness (QED) is 0.676. The Kier molecular flexibility index (Phi) is 5.82. The second-order valence-electron chi connectivity index (χ2n) is 7.38. The molecule has 1 saturated heterocycles. The van der Waals surface area contributed by atoms with Crippen LogP contribution in [0.15, 0.2) is 48.0 Å². The number of nitrogens with one attached hydrogen (secondary N) is 1. The van der Waals surface area contributed by atoms with Crippen LogP contribution in [0.1, 0.15) is 21.9 Å². The maximum absolute atomic E-state index is 12.6. The van der Waals surface area contributed by atoms with Crippen molar-refractivity contribution >= 4 is 23.2 Å². The predicted octanol–water partition coefficient (Wildman–Crippen LogP) is 2.67. The van der Waals surface area contributed by atoms with E-state index in [-0.39, 0.29) is 11.9 Å². The van der Waals surface area contributed by atoms with Crippen LogP contribution in [0, 0.1) is 0 Å². The van der Waals surface area contributed by atoms with E-state index in [1.807, 2.05) is 60.8 Å². The molecular formula is C21H24N6OS. The van der Waals surface area contributed by atoms with Crippen LogP contribution in [0.4, 0.5) is 5.95 Å². The van der Waals surface area contributed by atoms with Gasteiger partial charge in [0.05, 0.1) is 5.69 Å². The van der Waals surface area contributed by atoms with Crippen molar-refractivity contribution in [3.05, 3.63) is 58.7 Å². The lowest BCUT2D eigenvalue weighted by molar-refractivity contribution is 0.0935.